The van der Waals surface area contributed by atoms with Crippen LogP contribution >= 0.6 is 0 Å². The van der Waals surface area contributed by atoms with Gasteiger partial charge in [-0.3, -0.25) is 4.79 Å². The van der Waals surface area contributed by atoms with Gasteiger partial charge in [0.25, 0.3) is 0 Å². The third kappa shape index (κ3) is 1.85. The summed E-state index contributed by atoms with van der Waals surface area (Å²) in [6.07, 6.45) is 3.82. The van der Waals surface area contributed by atoms with E-state index in [0.717, 1.165) is 25.1 Å². The van der Waals surface area contributed by atoms with Crippen molar-refractivity contribution in [2.24, 2.45) is 0 Å². The lowest BCUT2D eigenvalue weighted by Gasteiger charge is -2.03. The number of carbonyl (C=O) groups is 1. The Balaban J connectivity index is 2.09. The number of esters is 1. The van der Waals surface area contributed by atoms with Crippen LogP contribution in [0.15, 0.2) is 23.3 Å². The number of aromatic amines is 1. The number of H-pyrrole nitrogens is 1. The van der Waals surface area contributed by atoms with Gasteiger partial charge in [-0.1, -0.05) is 0 Å². The average molecular weight is 248 g/mol. The van der Waals surface area contributed by atoms with Crippen LogP contribution < -0.4 is 5.43 Å². The summed E-state index contributed by atoms with van der Waals surface area (Å²) in [6.45, 7) is 0. The Labute approximate surface area is 101 Å². The zero-order chi connectivity index (χ0) is 12.7. The van der Waals surface area contributed by atoms with Gasteiger partial charge in [0.05, 0.1) is 11.6 Å². The van der Waals surface area contributed by atoms with Crippen LogP contribution in [0.1, 0.15) is 23.2 Å². The average Bonchev–Trinajstić information content (AvgIpc) is 3.14. The molecular weight excluding hydrogens is 239 g/mol. The first kappa shape index (κ1) is 10.9. The van der Waals surface area contributed by atoms with E-state index in [0.29, 0.717) is 0 Å². The minimum Gasteiger partial charge on any atom is -0.459 e. The van der Waals surface area contributed by atoms with Gasteiger partial charge in [0, 0.05) is 6.20 Å². The van der Waals surface area contributed by atoms with E-state index in [9.17, 15) is 14.0 Å². The quantitative estimate of drug-likeness (QED) is 0.815. The topological polar surface area (TPSA) is 72.1 Å². The molecule has 2 aromatic heterocycles. The van der Waals surface area contributed by atoms with E-state index < -0.39 is 17.2 Å². The summed E-state index contributed by atoms with van der Waals surface area (Å²) in [7, 11) is 0. The summed E-state index contributed by atoms with van der Waals surface area (Å²) in [5, 5.41) is 0.0419. The summed E-state index contributed by atoms with van der Waals surface area (Å²) in [6, 6.07) is 1.05. The smallest absolute Gasteiger partial charge is 0.343 e. The van der Waals surface area contributed by atoms with Crippen LogP contribution in [0.4, 0.5) is 4.39 Å². The van der Waals surface area contributed by atoms with Gasteiger partial charge in [0.1, 0.15) is 23.1 Å². The number of aromatic nitrogens is 2. The highest BCUT2D eigenvalue weighted by atomic mass is 19.1. The number of halogens is 1. The molecule has 0 aliphatic heterocycles. The van der Waals surface area contributed by atoms with Crippen LogP contribution in [0.2, 0.25) is 0 Å². The highest BCUT2D eigenvalue weighted by Crippen LogP contribution is 2.24. The number of nitrogens with one attached hydrogen (secondary N) is 1. The highest BCUT2D eigenvalue weighted by Gasteiger charge is 2.27. The van der Waals surface area contributed by atoms with Gasteiger partial charge >= 0.3 is 5.97 Å². The molecule has 0 atom stereocenters. The summed E-state index contributed by atoms with van der Waals surface area (Å²) >= 11 is 0. The molecule has 18 heavy (non-hydrogen) atoms. The van der Waals surface area contributed by atoms with E-state index in [2.05, 4.69) is 9.97 Å². The van der Waals surface area contributed by atoms with Crippen LogP contribution in [-0.4, -0.2) is 22.0 Å². The van der Waals surface area contributed by atoms with E-state index >= 15 is 0 Å². The van der Waals surface area contributed by atoms with Crippen molar-refractivity contribution >= 4 is 17.0 Å². The largest absolute Gasteiger partial charge is 0.459 e. The maximum Gasteiger partial charge on any atom is 0.343 e. The molecule has 5 nitrogen and oxygen atoms in total. The number of ether oxygens (including phenoxy) is 1. The fraction of sp³-hybridized carbons (Fsp3) is 0.250. The fourth-order valence-electron chi connectivity index (χ4n) is 1.63. The van der Waals surface area contributed by atoms with Crippen molar-refractivity contribution in [2.45, 2.75) is 18.9 Å². The normalized spacial score (nSPS) is 14.7. The van der Waals surface area contributed by atoms with Crippen molar-refractivity contribution in [1.82, 2.24) is 9.97 Å². The Morgan fingerprint density at radius 1 is 1.50 bits per heavy atom. The molecule has 0 radical (unpaired) electrons. The number of carbonyl (C=O) groups excluding carboxylic acids is 1. The Morgan fingerprint density at radius 3 is 3.00 bits per heavy atom. The van der Waals surface area contributed by atoms with Crippen molar-refractivity contribution < 1.29 is 13.9 Å². The van der Waals surface area contributed by atoms with Crippen molar-refractivity contribution in [3.8, 4) is 0 Å². The summed E-state index contributed by atoms with van der Waals surface area (Å²) in [5.74, 6) is -1.30. The molecule has 1 aliphatic rings. The molecule has 0 bridgehead atoms. The summed E-state index contributed by atoms with van der Waals surface area (Å²) < 4.78 is 18.1. The number of hydrogen-bond donors (Lipinski definition) is 1. The van der Waals surface area contributed by atoms with Gasteiger partial charge in [-0.15, -0.1) is 0 Å². The summed E-state index contributed by atoms with van der Waals surface area (Å²) in [5.41, 5.74) is -0.451. The number of nitrogens with zero attached hydrogens (tertiary/aromatic N) is 1. The lowest BCUT2D eigenvalue weighted by Crippen LogP contribution is -2.19. The molecule has 6 heteroatoms. The van der Waals surface area contributed by atoms with Gasteiger partial charge < -0.3 is 9.72 Å². The molecule has 0 saturated heterocycles. The maximum absolute atomic E-state index is 13.0. The lowest BCUT2D eigenvalue weighted by molar-refractivity contribution is 0.0470. The molecule has 1 N–H and O–H groups in total. The first-order chi connectivity index (χ1) is 8.65. The minimum atomic E-state index is -0.676. The standard InChI is InChI=1S/C12H9FN2O3/c13-6-3-8-10(16)9(5-15-11(8)14-4-6)12(17)18-7-1-2-7/h3-5,7H,1-2H2,(H,14,15,16). The number of rotatable bonds is 2. The minimum absolute atomic E-state index is 0.0419. The number of hydrogen-bond acceptors (Lipinski definition) is 4. The van der Waals surface area contributed by atoms with Gasteiger partial charge in [-0.25, -0.2) is 14.2 Å². The Kier molecular flexibility index (Phi) is 2.36. The molecule has 0 amide bonds. The second kappa shape index (κ2) is 3.90. The van der Waals surface area contributed by atoms with Gasteiger partial charge in [-0.2, -0.15) is 0 Å². The SMILES string of the molecule is O=C(OC1CC1)c1c[nH]c2ncc(F)cc2c1=O. The van der Waals surface area contributed by atoms with E-state index in [1.54, 1.807) is 0 Å². The monoisotopic (exact) mass is 248 g/mol. The van der Waals surface area contributed by atoms with E-state index in [1.807, 2.05) is 0 Å². The van der Waals surface area contributed by atoms with Crippen LogP contribution in [0.3, 0.4) is 0 Å². The van der Waals surface area contributed by atoms with E-state index in [4.69, 9.17) is 4.74 Å². The predicted octanol–water partition coefficient (Wildman–Crippen LogP) is 1.38. The molecule has 1 fully saturated rings. The molecule has 0 spiro atoms. The van der Waals surface area contributed by atoms with Crippen molar-refractivity contribution in [3.05, 3.63) is 40.1 Å². The van der Waals surface area contributed by atoms with E-state index in [-0.39, 0.29) is 22.7 Å². The van der Waals surface area contributed by atoms with Crippen molar-refractivity contribution in [2.75, 3.05) is 0 Å². The second-order valence-electron chi connectivity index (χ2n) is 4.19. The molecule has 0 unspecified atom stereocenters. The molecule has 2 aromatic rings. The molecule has 1 saturated carbocycles. The predicted molar refractivity (Wildman–Crippen MR) is 60.8 cm³/mol. The van der Waals surface area contributed by atoms with Crippen LogP contribution in [-0.2, 0) is 4.74 Å². The third-order valence-electron chi connectivity index (χ3n) is 2.71. The first-order valence-corrected chi connectivity index (χ1v) is 5.53. The number of fused-ring (bicyclic) bond motifs is 1. The Morgan fingerprint density at radius 2 is 2.28 bits per heavy atom. The molecule has 3 rings (SSSR count). The van der Waals surface area contributed by atoms with E-state index in [1.165, 1.54) is 6.20 Å². The zero-order valence-corrected chi connectivity index (χ0v) is 9.27. The molecule has 1 aliphatic carbocycles. The first-order valence-electron chi connectivity index (χ1n) is 5.53. The van der Waals surface area contributed by atoms with Crippen LogP contribution in [0, 0.1) is 5.82 Å². The van der Waals surface area contributed by atoms with Crippen molar-refractivity contribution in [3.63, 3.8) is 0 Å². The maximum atomic E-state index is 13.0. The highest BCUT2D eigenvalue weighted by molar-refractivity contribution is 5.92. The van der Waals surface area contributed by atoms with Crippen LogP contribution in [0.5, 0.6) is 0 Å². The molecular formula is C12H9FN2O3. The van der Waals surface area contributed by atoms with Gasteiger partial charge in [-0.05, 0) is 18.9 Å². The van der Waals surface area contributed by atoms with Crippen LogP contribution in [0.25, 0.3) is 11.0 Å². The lowest BCUT2D eigenvalue weighted by atomic mass is 10.2. The Bertz CT molecular complexity index is 691. The molecule has 0 aromatic carbocycles. The van der Waals surface area contributed by atoms with Gasteiger partial charge in [0.2, 0.25) is 5.43 Å². The fourth-order valence-corrected chi connectivity index (χ4v) is 1.63. The second-order valence-corrected chi connectivity index (χ2v) is 4.19. The molecule has 2 heterocycles. The van der Waals surface area contributed by atoms with Gasteiger partial charge in [0.15, 0.2) is 0 Å². The zero-order valence-electron chi connectivity index (χ0n) is 9.27. The Hall–Kier alpha value is -2.24. The third-order valence-corrected chi connectivity index (χ3v) is 2.71. The van der Waals surface area contributed by atoms with Crippen molar-refractivity contribution in [1.29, 1.82) is 0 Å². The number of pyridine rings is 2. The summed E-state index contributed by atoms with van der Waals surface area (Å²) in [4.78, 5) is 30.1. The molecule has 92 valence electrons.